The Bertz CT molecular complexity index is 1240. The number of phenolic OH excluding ortho intramolecular Hbond substituents is 1. The molecule has 6 N–H and O–H groups in total. The molecule has 1 aromatic rings. The van der Waals surface area contributed by atoms with Crippen molar-refractivity contribution in [2.24, 2.45) is 17.6 Å². The fourth-order valence-electron chi connectivity index (χ4n) is 5.62. The van der Waals surface area contributed by atoms with E-state index in [-0.39, 0.29) is 13.0 Å². The van der Waals surface area contributed by atoms with E-state index in [1.54, 1.807) is 6.92 Å². The third-order valence-electron chi connectivity index (χ3n) is 7.33. The average molecular weight is 496 g/mol. The van der Waals surface area contributed by atoms with Gasteiger partial charge in [0.05, 0.1) is 17.2 Å². The molecule has 0 unspecified atom stereocenters. The normalized spacial score (nSPS) is 28.7. The van der Waals surface area contributed by atoms with Crippen LogP contribution in [0.25, 0.3) is 5.76 Å². The Morgan fingerprint density at radius 1 is 1.23 bits per heavy atom. The van der Waals surface area contributed by atoms with Crippen LogP contribution >= 0.6 is 0 Å². The molecule has 0 spiro atoms. The van der Waals surface area contributed by atoms with Crippen molar-refractivity contribution in [3.8, 4) is 5.75 Å². The zero-order valence-corrected chi connectivity index (χ0v) is 18.7. The topological polar surface area (TPSA) is 161 Å². The van der Waals surface area contributed by atoms with Gasteiger partial charge in [-0.05, 0) is 50.0 Å². The SMILES string of the molecule is CCN(C)[C@@H]1C(=O)C(C(N)=O)=C(O)[C@@]2(O)C(=O)C3=C(O)c4c(O)ccc(C(F)(F)F)c4C[C@H]3C[C@@H]12. The highest BCUT2D eigenvalue weighted by Gasteiger charge is 2.64. The van der Waals surface area contributed by atoms with E-state index in [1.807, 2.05) is 0 Å². The lowest BCUT2D eigenvalue weighted by molar-refractivity contribution is -0.154. The number of likely N-dealkylation sites (N-methyl/N-ethyl adjacent to an activating group) is 1. The van der Waals surface area contributed by atoms with E-state index in [4.69, 9.17) is 5.73 Å². The summed E-state index contributed by atoms with van der Waals surface area (Å²) in [6.45, 7) is 1.88. The van der Waals surface area contributed by atoms with Crippen LogP contribution in [0.3, 0.4) is 0 Å². The van der Waals surface area contributed by atoms with Crippen LogP contribution in [0.4, 0.5) is 13.2 Å². The van der Waals surface area contributed by atoms with Crippen LogP contribution in [0.15, 0.2) is 29.0 Å². The first-order chi connectivity index (χ1) is 16.2. The molecule has 0 aliphatic heterocycles. The summed E-state index contributed by atoms with van der Waals surface area (Å²) >= 11 is 0. The van der Waals surface area contributed by atoms with E-state index in [0.717, 1.165) is 6.07 Å². The minimum Gasteiger partial charge on any atom is -0.508 e. The molecule has 12 heteroatoms. The Morgan fingerprint density at radius 3 is 2.40 bits per heavy atom. The summed E-state index contributed by atoms with van der Waals surface area (Å²) in [6, 6.07) is 0.0973. The van der Waals surface area contributed by atoms with Gasteiger partial charge in [-0.25, -0.2) is 0 Å². The van der Waals surface area contributed by atoms with Crippen molar-refractivity contribution < 1.29 is 48.0 Å². The summed E-state index contributed by atoms with van der Waals surface area (Å²) < 4.78 is 41.0. The highest BCUT2D eigenvalue weighted by molar-refractivity contribution is 6.24. The minimum absolute atomic E-state index is 0.220. The number of fused-ring (bicyclic) bond motifs is 3. The van der Waals surface area contributed by atoms with Crippen LogP contribution in [0, 0.1) is 11.8 Å². The molecule has 35 heavy (non-hydrogen) atoms. The number of ketones is 2. The highest BCUT2D eigenvalue weighted by Crippen LogP contribution is 2.53. The summed E-state index contributed by atoms with van der Waals surface area (Å²) in [5, 5.41) is 43.4. The van der Waals surface area contributed by atoms with Gasteiger partial charge in [0.15, 0.2) is 11.4 Å². The number of carbonyl (C=O) groups is 3. The van der Waals surface area contributed by atoms with Gasteiger partial charge in [0.1, 0.15) is 22.8 Å². The van der Waals surface area contributed by atoms with Crippen molar-refractivity contribution in [1.29, 1.82) is 0 Å². The molecule has 3 aliphatic rings. The van der Waals surface area contributed by atoms with Crippen LogP contribution in [0.2, 0.25) is 0 Å². The van der Waals surface area contributed by atoms with Crippen molar-refractivity contribution in [2.75, 3.05) is 13.6 Å². The number of hydrogen-bond acceptors (Lipinski definition) is 8. The summed E-state index contributed by atoms with van der Waals surface area (Å²) in [4.78, 5) is 40.1. The Balaban J connectivity index is 2.00. The number of nitrogens with zero attached hydrogens (tertiary/aromatic N) is 1. The number of amides is 1. The number of aliphatic hydroxyl groups excluding tert-OH is 2. The van der Waals surface area contributed by atoms with Crippen LogP contribution < -0.4 is 5.73 Å². The fourth-order valence-corrected chi connectivity index (χ4v) is 5.62. The van der Waals surface area contributed by atoms with Gasteiger partial charge in [-0.15, -0.1) is 0 Å². The van der Waals surface area contributed by atoms with Crippen molar-refractivity contribution in [1.82, 2.24) is 4.90 Å². The van der Waals surface area contributed by atoms with Crippen molar-refractivity contribution in [3.05, 3.63) is 45.7 Å². The van der Waals surface area contributed by atoms with Gasteiger partial charge >= 0.3 is 6.18 Å². The number of benzene rings is 1. The first-order valence-corrected chi connectivity index (χ1v) is 10.8. The molecule has 9 nitrogen and oxygen atoms in total. The molecule has 188 valence electrons. The Kier molecular flexibility index (Phi) is 5.53. The van der Waals surface area contributed by atoms with Crippen molar-refractivity contribution >= 4 is 23.2 Å². The Morgan fingerprint density at radius 2 is 1.86 bits per heavy atom. The standard InChI is InChI=1S/C23H23F3N2O7/c1-3-28(2)16-11-7-8-6-9-10(23(24,25)26)4-5-12(29)14(9)17(30)13(8)19(32)22(11,35)20(33)15(18(16)31)21(27)34/h4-5,8,11,16,29-30,33,35H,3,6-7H2,1-2H3,(H2,27,34)/t8-,11-,16-,22-/m0/s1. The maximum absolute atomic E-state index is 13.7. The molecule has 0 bridgehead atoms. The van der Waals surface area contributed by atoms with E-state index in [0.29, 0.717) is 6.07 Å². The molecular formula is C23H23F3N2O7. The quantitative estimate of drug-likeness (QED) is 0.392. The number of primary amides is 1. The van der Waals surface area contributed by atoms with Gasteiger partial charge in [-0.3, -0.25) is 19.3 Å². The number of carbonyl (C=O) groups excluding carboxylic acids is 3. The molecule has 1 amide bonds. The lowest BCUT2D eigenvalue weighted by Gasteiger charge is -2.50. The smallest absolute Gasteiger partial charge is 0.416 e. The van der Waals surface area contributed by atoms with Gasteiger partial charge in [-0.1, -0.05) is 6.92 Å². The number of halogens is 3. The summed E-state index contributed by atoms with van der Waals surface area (Å²) in [5.41, 5.74) is -1.19. The number of nitrogens with two attached hydrogens (primary N) is 1. The van der Waals surface area contributed by atoms with Crippen LogP contribution in [0.5, 0.6) is 5.75 Å². The van der Waals surface area contributed by atoms with Gasteiger partial charge in [0, 0.05) is 11.5 Å². The highest BCUT2D eigenvalue weighted by atomic mass is 19.4. The molecule has 1 saturated carbocycles. The van der Waals surface area contributed by atoms with Gasteiger partial charge in [0.25, 0.3) is 5.91 Å². The molecule has 0 radical (unpaired) electrons. The first-order valence-electron chi connectivity index (χ1n) is 10.8. The first kappa shape index (κ1) is 24.7. The molecular weight excluding hydrogens is 473 g/mol. The predicted octanol–water partition coefficient (Wildman–Crippen LogP) is 1.37. The van der Waals surface area contributed by atoms with Crippen molar-refractivity contribution in [3.63, 3.8) is 0 Å². The molecule has 3 aliphatic carbocycles. The molecule has 1 aromatic carbocycles. The zero-order valence-electron chi connectivity index (χ0n) is 18.7. The number of hydrogen-bond donors (Lipinski definition) is 5. The Hall–Kier alpha value is -3.38. The van der Waals surface area contributed by atoms with Gasteiger partial charge < -0.3 is 26.2 Å². The molecule has 4 rings (SSSR count). The lowest BCUT2D eigenvalue weighted by Crippen LogP contribution is -2.66. The average Bonchev–Trinajstić information content (AvgIpc) is 2.75. The van der Waals surface area contributed by atoms with Crippen molar-refractivity contribution in [2.45, 2.75) is 37.6 Å². The second-order valence-corrected chi connectivity index (χ2v) is 9.05. The molecule has 1 fully saturated rings. The van der Waals surface area contributed by atoms with Gasteiger partial charge in [0.2, 0.25) is 5.78 Å². The van der Waals surface area contributed by atoms with E-state index in [2.05, 4.69) is 0 Å². The largest absolute Gasteiger partial charge is 0.508 e. The minimum atomic E-state index is -4.82. The van der Waals surface area contributed by atoms with Crippen LogP contribution in [-0.2, 0) is 27.0 Å². The fraction of sp³-hybridized carbons (Fsp3) is 0.435. The van der Waals surface area contributed by atoms with Crippen LogP contribution in [0.1, 0.15) is 30.0 Å². The monoisotopic (exact) mass is 496 g/mol. The summed E-state index contributed by atoms with van der Waals surface area (Å²) in [6.07, 6.45) is -5.54. The van der Waals surface area contributed by atoms with E-state index in [9.17, 15) is 48.0 Å². The number of aromatic hydroxyl groups is 1. The number of rotatable bonds is 3. The Labute approximate surface area is 196 Å². The maximum atomic E-state index is 13.7. The second-order valence-electron chi connectivity index (χ2n) is 9.05. The third-order valence-corrected chi connectivity index (χ3v) is 7.33. The number of aliphatic hydroxyl groups is 3. The predicted molar refractivity (Wildman–Crippen MR) is 114 cm³/mol. The van der Waals surface area contributed by atoms with Gasteiger partial charge in [-0.2, -0.15) is 13.2 Å². The molecule has 0 aromatic heterocycles. The molecule has 0 saturated heterocycles. The molecule has 4 atom stereocenters. The van der Waals surface area contributed by atoms with Crippen LogP contribution in [-0.4, -0.2) is 68.0 Å². The number of Topliss-reactive ketones (excluding diaryl/α,β-unsaturated/α-hetero) is 2. The van der Waals surface area contributed by atoms with E-state index in [1.165, 1.54) is 11.9 Å². The maximum Gasteiger partial charge on any atom is 0.416 e. The number of phenols is 1. The summed E-state index contributed by atoms with van der Waals surface area (Å²) in [7, 11) is 1.48. The lowest BCUT2D eigenvalue weighted by atomic mass is 9.57. The third kappa shape index (κ3) is 3.27. The van der Waals surface area contributed by atoms with E-state index < -0.39 is 98.7 Å². The van der Waals surface area contributed by atoms with E-state index >= 15 is 0 Å². The zero-order chi connectivity index (χ0) is 26.2. The summed E-state index contributed by atoms with van der Waals surface area (Å²) in [5.74, 6) is -8.95. The number of alkyl halides is 3. The second kappa shape index (κ2) is 7.82. The molecule has 0 heterocycles.